The van der Waals surface area contributed by atoms with Gasteiger partial charge in [0.1, 0.15) is 6.10 Å². The number of nitrogens with zero attached hydrogens (tertiary/aromatic N) is 1. The van der Waals surface area contributed by atoms with Gasteiger partial charge in [0, 0.05) is 6.54 Å². The zero-order chi connectivity index (χ0) is 11.8. The van der Waals surface area contributed by atoms with E-state index in [2.05, 4.69) is 12.1 Å². The predicted molar refractivity (Wildman–Crippen MR) is 63.5 cm³/mol. The first-order valence-corrected chi connectivity index (χ1v) is 6.04. The first kappa shape index (κ1) is 10.6. The quantitative estimate of drug-likeness (QED) is 0.839. The normalized spacial score (nSPS) is 27.1. The summed E-state index contributed by atoms with van der Waals surface area (Å²) in [5, 5.41) is 0. The SMILES string of the molecule is NCC1CN(C2CCc3ccccc32)C(=O)O1. The minimum absolute atomic E-state index is 0.143. The molecule has 1 aromatic carbocycles. The molecule has 0 saturated carbocycles. The molecule has 1 heterocycles. The van der Waals surface area contributed by atoms with Gasteiger partial charge in [-0.05, 0) is 24.0 Å². The van der Waals surface area contributed by atoms with Gasteiger partial charge >= 0.3 is 6.09 Å². The number of benzene rings is 1. The summed E-state index contributed by atoms with van der Waals surface area (Å²) in [6.45, 7) is 1.02. The maximum absolute atomic E-state index is 11.8. The van der Waals surface area contributed by atoms with Gasteiger partial charge in [0.25, 0.3) is 0 Å². The maximum Gasteiger partial charge on any atom is 0.410 e. The number of hydrogen-bond donors (Lipinski definition) is 1. The third kappa shape index (κ3) is 1.69. The minimum atomic E-state index is -0.220. The lowest BCUT2D eigenvalue weighted by Crippen LogP contribution is -2.30. The third-order valence-corrected chi connectivity index (χ3v) is 3.64. The minimum Gasteiger partial charge on any atom is -0.443 e. The molecule has 1 amide bonds. The number of nitrogens with two attached hydrogens (primary N) is 1. The van der Waals surface area contributed by atoms with E-state index < -0.39 is 0 Å². The highest BCUT2D eigenvalue weighted by molar-refractivity contribution is 5.71. The molecule has 2 unspecified atom stereocenters. The second-order valence-corrected chi connectivity index (χ2v) is 4.65. The number of carbonyl (C=O) groups is 1. The van der Waals surface area contributed by atoms with Crippen LogP contribution < -0.4 is 5.73 Å². The number of ether oxygens (including phenoxy) is 1. The van der Waals surface area contributed by atoms with E-state index in [1.807, 2.05) is 17.0 Å². The summed E-state index contributed by atoms with van der Waals surface area (Å²) in [6, 6.07) is 8.49. The number of cyclic esters (lactones) is 1. The van der Waals surface area contributed by atoms with E-state index in [1.165, 1.54) is 11.1 Å². The average Bonchev–Trinajstić information content (AvgIpc) is 2.92. The average molecular weight is 232 g/mol. The van der Waals surface area contributed by atoms with E-state index in [0.29, 0.717) is 13.1 Å². The van der Waals surface area contributed by atoms with Crippen LogP contribution in [-0.2, 0) is 11.2 Å². The summed E-state index contributed by atoms with van der Waals surface area (Å²) in [6.07, 6.45) is 1.67. The van der Waals surface area contributed by atoms with E-state index in [4.69, 9.17) is 10.5 Å². The first-order valence-electron chi connectivity index (χ1n) is 6.04. The van der Waals surface area contributed by atoms with Gasteiger partial charge in [-0.3, -0.25) is 4.90 Å². The fourth-order valence-electron chi connectivity index (χ4n) is 2.78. The molecule has 0 spiro atoms. The third-order valence-electron chi connectivity index (χ3n) is 3.64. The van der Waals surface area contributed by atoms with Crippen molar-refractivity contribution in [3.63, 3.8) is 0 Å². The van der Waals surface area contributed by atoms with Crippen molar-refractivity contribution in [3.05, 3.63) is 35.4 Å². The van der Waals surface area contributed by atoms with Gasteiger partial charge in [-0.2, -0.15) is 0 Å². The molecule has 2 atom stereocenters. The Morgan fingerprint density at radius 3 is 3.00 bits per heavy atom. The molecule has 2 aliphatic rings. The van der Waals surface area contributed by atoms with Crippen LogP contribution >= 0.6 is 0 Å². The van der Waals surface area contributed by atoms with E-state index in [9.17, 15) is 4.79 Å². The molecule has 1 aliphatic heterocycles. The van der Waals surface area contributed by atoms with E-state index >= 15 is 0 Å². The van der Waals surface area contributed by atoms with Gasteiger partial charge in [-0.15, -0.1) is 0 Å². The van der Waals surface area contributed by atoms with Crippen molar-refractivity contribution >= 4 is 6.09 Å². The number of aryl methyl sites for hydroxylation is 1. The van der Waals surface area contributed by atoms with Gasteiger partial charge in [0.2, 0.25) is 0 Å². The number of rotatable bonds is 2. The molecule has 1 aromatic rings. The molecule has 17 heavy (non-hydrogen) atoms. The van der Waals surface area contributed by atoms with Gasteiger partial charge in [0.05, 0.1) is 12.6 Å². The number of fused-ring (bicyclic) bond motifs is 1. The molecule has 0 bridgehead atoms. The van der Waals surface area contributed by atoms with E-state index in [1.54, 1.807) is 0 Å². The maximum atomic E-state index is 11.8. The summed E-state index contributed by atoms with van der Waals surface area (Å²) in [4.78, 5) is 13.6. The molecule has 90 valence electrons. The Labute approximate surface area is 100 Å². The van der Waals surface area contributed by atoms with Crippen molar-refractivity contribution < 1.29 is 9.53 Å². The van der Waals surface area contributed by atoms with Gasteiger partial charge in [-0.1, -0.05) is 24.3 Å². The highest BCUT2D eigenvalue weighted by Gasteiger charge is 2.38. The standard InChI is InChI=1S/C13H16N2O2/c14-7-10-8-15(13(16)17-10)12-6-5-9-3-1-2-4-11(9)12/h1-4,10,12H,5-8,14H2. The van der Waals surface area contributed by atoms with Crippen molar-refractivity contribution in [2.45, 2.75) is 25.0 Å². The molecule has 3 rings (SSSR count). The topological polar surface area (TPSA) is 55.6 Å². The Balaban J connectivity index is 1.85. The second kappa shape index (κ2) is 4.04. The first-order chi connectivity index (χ1) is 8.29. The summed E-state index contributed by atoms with van der Waals surface area (Å²) in [5.41, 5.74) is 8.16. The fraction of sp³-hybridized carbons (Fsp3) is 0.462. The van der Waals surface area contributed by atoms with Crippen molar-refractivity contribution in [3.8, 4) is 0 Å². The largest absolute Gasteiger partial charge is 0.443 e. The van der Waals surface area contributed by atoms with Crippen LogP contribution in [0.1, 0.15) is 23.6 Å². The van der Waals surface area contributed by atoms with Crippen molar-refractivity contribution in [2.75, 3.05) is 13.1 Å². The van der Waals surface area contributed by atoms with Gasteiger partial charge < -0.3 is 10.5 Å². The summed E-state index contributed by atoms with van der Waals surface area (Å²) < 4.78 is 5.21. The molecule has 1 fully saturated rings. The fourth-order valence-corrected chi connectivity index (χ4v) is 2.78. The van der Waals surface area contributed by atoms with Gasteiger partial charge in [0.15, 0.2) is 0 Å². The van der Waals surface area contributed by atoms with Crippen LogP contribution in [0.5, 0.6) is 0 Å². The zero-order valence-corrected chi connectivity index (χ0v) is 9.63. The molecule has 1 aliphatic carbocycles. The number of carbonyl (C=O) groups excluding carboxylic acids is 1. The van der Waals surface area contributed by atoms with Crippen molar-refractivity contribution in [1.82, 2.24) is 4.90 Å². The summed E-state index contributed by atoms with van der Waals surface area (Å²) >= 11 is 0. The van der Waals surface area contributed by atoms with E-state index in [0.717, 1.165) is 12.8 Å². The Kier molecular flexibility index (Phi) is 2.52. The monoisotopic (exact) mass is 232 g/mol. The van der Waals surface area contributed by atoms with Crippen LogP contribution in [0.2, 0.25) is 0 Å². The molecular formula is C13H16N2O2. The summed E-state index contributed by atoms with van der Waals surface area (Å²) in [5.74, 6) is 0. The van der Waals surface area contributed by atoms with Crippen LogP contribution in [0.4, 0.5) is 4.79 Å². The van der Waals surface area contributed by atoms with Crippen molar-refractivity contribution in [2.24, 2.45) is 5.73 Å². The lowest BCUT2D eigenvalue weighted by molar-refractivity contribution is 0.129. The number of amides is 1. The lowest BCUT2D eigenvalue weighted by Gasteiger charge is -2.22. The highest BCUT2D eigenvalue weighted by Crippen LogP contribution is 2.37. The molecule has 2 N–H and O–H groups in total. The molecule has 4 heteroatoms. The molecule has 1 saturated heterocycles. The zero-order valence-electron chi connectivity index (χ0n) is 9.63. The molecule has 0 aromatic heterocycles. The Morgan fingerprint density at radius 2 is 2.24 bits per heavy atom. The van der Waals surface area contributed by atoms with Crippen LogP contribution in [0.25, 0.3) is 0 Å². The van der Waals surface area contributed by atoms with Crippen molar-refractivity contribution in [1.29, 1.82) is 0 Å². The van der Waals surface area contributed by atoms with E-state index in [-0.39, 0.29) is 18.2 Å². The lowest BCUT2D eigenvalue weighted by atomic mass is 10.1. The second-order valence-electron chi connectivity index (χ2n) is 4.65. The van der Waals surface area contributed by atoms with Crippen LogP contribution in [-0.4, -0.2) is 30.2 Å². The predicted octanol–water partition coefficient (Wildman–Crippen LogP) is 1.45. The number of hydrogen-bond acceptors (Lipinski definition) is 3. The van der Waals surface area contributed by atoms with Crippen LogP contribution in [0.15, 0.2) is 24.3 Å². The van der Waals surface area contributed by atoms with Gasteiger partial charge in [-0.25, -0.2) is 4.79 Å². The summed E-state index contributed by atoms with van der Waals surface area (Å²) in [7, 11) is 0. The molecular weight excluding hydrogens is 216 g/mol. The Morgan fingerprint density at radius 1 is 1.41 bits per heavy atom. The van der Waals surface area contributed by atoms with Crippen LogP contribution in [0, 0.1) is 0 Å². The molecule has 4 nitrogen and oxygen atoms in total. The molecule has 0 radical (unpaired) electrons. The Hall–Kier alpha value is -1.55. The highest BCUT2D eigenvalue weighted by atomic mass is 16.6. The smallest absolute Gasteiger partial charge is 0.410 e. The van der Waals surface area contributed by atoms with Crippen LogP contribution in [0.3, 0.4) is 0 Å². The Bertz CT molecular complexity index is 447.